The fourth-order valence-electron chi connectivity index (χ4n) is 2.38. The SMILES string of the molecule is Cc1cnc(C(C)NC(=O)C2(Cn3cccn3)CC2)[nH]1. The molecule has 2 heterocycles. The van der Waals surface area contributed by atoms with Crippen LogP contribution in [-0.2, 0) is 11.3 Å². The monoisotopic (exact) mass is 273 g/mol. The summed E-state index contributed by atoms with van der Waals surface area (Å²) in [5, 5.41) is 7.23. The zero-order valence-corrected chi connectivity index (χ0v) is 11.8. The number of aromatic nitrogens is 4. The van der Waals surface area contributed by atoms with Crippen LogP contribution in [0.25, 0.3) is 0 Å². The summed E-state index contributed by atoms with van der Waals surface area (Å²) in [5.41, 5.74) is 0.709. The highest BCUT2D eigenvalue weighted by Crippen LogP contribution is 2.47. The first-order valence-corrected chi connectivity index (χ1v) is 6.89. The first kappa shape index (κ1) is 12.9. The van der Waals surface area contributed by atoms with Crippen LogP contribution in [0.2, 0.25) is 0 Å². The van der Waals surface area contributed by atoms with Gasteiger partial charge in [0, 0.05) is 24.3 Å². The van der Waals surface area contributed by atoms with Crippen molar-refractivity contribution in [1.29, 1.82) is 0 Å². The summed E-state index contributed by atoms with van der Waals surface area (Å²) in [7, 11) is 0. The van der Waals surface area contributed by atoms with Crippen molar-refractivity contribution in [2.45, 2.75) is 39.3 Å². The molecule has 6 heteroatoms. The van der Waals surface area contributed by atoms with Crippen molar-refractivity contribution in [3.63, 3.8) is 0 Å². The molecular weight excluding hydrogens is 254 g/mol. The Kier molecular flexibility index (Phi) is 3.08. The molecule has 1 fully saturated rings. The number of carbonyl (C=O) groups excluding carboxylic acids is 1. The summed E-state index contributed by atoms with van der Waals surface area (Å²) >= 11 is 0. The molecule has 20 heavy (non-hydrogen) atoms. The molecule has 0 aromatic carbocycles. The quantitative estimate of drug-likeness (QED) is 0.868. The number of hydrogen-bond donors (Lipinski definition) is 2. The van der Waals surface area contributed by atoms with Crippen molar-refractivity contribution >= 4 is 5.91 Å². The second-order valence-corrected chi connectivity index (χ2v) is 5.63. The van der Waals surface area contributed by atoms with Gasteiger partial charge in [-0.05, 0) is 32.8 Å². The molecule has 1 unspecified atom stereocenters. The highest BCUT2D eigenvalue weighted by molar-refractivity contribution is 5.85. The zero-order valence-electron chi connectivity index (χ0n) is 11.8. The van der Waals surface area contributed by atoms with Crippen LogP contribution in [0, 0.1) is 12.3 Å². The number of nitrogens with one attached hydrogen (secondary N) is 2. The topological polar surface area (TPSA) is 75.6 Å². The molecule has 1 amide bonds. The summed E-state index contributed by atoms with van der Waals surface area (Å²) in [5.74, 6) is 0.889. The Hall–Kier alpha value is -2.11. The van der Waals surface area contributed by atoms with E-state index in [1.54, 1.807) is 12.4 Å². The molecule has 1 aliphatic carbocycles. The van der Waals surface area contributed by atoms with Crippen molar-refractivity contribution < 1.29 is 4.79 Å². The van der Waals surface area contributed by atoms with Crippen LogP contribution in [0.4, 0.5) is 0 Å². The molecule has 1 atom stereocenters. The summed E-state index contributed by atoms with van der Waals surface area (Å²) in [6, 6.07) is 1.77. The van der Waals surface area contributed by atoms with Gasteiger partial charge < -0.3 is 10.3 Å². The smallest absolute Gasteiger partial charge is 0.228 e. The number of aromatic amines is 1. The predicted octanol–water partition coefficient (Wildman–Crippen LogP) is 1.57. The number of hydrogen-bond acceptors (Lipinski definition) is 3. The Labute approximate surface area is 117 Å². The van der Waals surface area contributed by atoms with Gasteiger partial charge in [-0.3, -0.25) is 9.48 Å². The van der Waals surface area contributed by atoms with Crippen molar-refractivity contribution in [1.82, 2.24) is 25.1 Å². The Morgan fingerprint density at radius 2 is 2.40 bits per heavy atom. The van der Waals surface area contributed by atoms with Crippen LogP contribution in [0.1, 0.15) is 37.3 Å². The maximum absolute atomic E-state index is 12.5. The summed E-state index contributed by atoms with van der Waals surface area (Å²) in [6.07, 6.45) is 7.24. The van der Waals surface area contributed by atoms with E-state index < -0.39 is 0 Å². The van der Waals surface area contributed by atoms with Crippen molar-refractivity contribution in [3.05, 3.63) is 36.2 Å². The normalized spacial score (nSPS) is 17.7. The predicted molar refractivity (Wildman–Crippen MR) is 73.8 cm³/mol. The standard InChI is InChI=1S/C14H19N5O/c1-10-8-15-12(17-10)11(2)18-13(20)14(4-5-14)9-19-7-3-6-16-19/h3,6-8,11H,4-5,9H2,1-2H3,(H,15,17)(H,18,20). The van der Waals surface area contributed by atoms with Gasteiger partial charge in [-0.2, -0.15) is 5.10 Å². The number of nitrogens with zero attached hydrogens (tertiary/aromatic N) is 3. The molecule has 0 radical (unpaired) electrons. The first-order valence-electron chi connectivity index (χ1n) is 6.89. The molecule has 106 valence electrons. The highest BCUT2D eigenvalue weighted by Gasteiger charge is 2.50. The van der Waals surface area contributed by atoms with Crippen LogP contribution >= 0.6 is 0 Å². The van der Waals surface area contributed by atoms with E-state index in [0.717, 1.165) is 24.4 Å². The second-order valence-electron chi connectivity index (χ2n) is 5.63. The fourth-order valence-corrected chi connectivity index (χ4v) is 2.38. The molecule has 0 aliphatic heterocycles. The van der Waals surface area contributed by atoms with E-state index in [1.165, 1.54) is 0 Å². The molecule has 0 spiro atoms. The number of rotatable bonds is 5. The molecular formula is C14H19N5O. The summed E-state index contributed by atoms with van der Waals surface area (Å²) < 4.78 is 1.83. The lowest BCUT2D eigenvalue weighted by Crippen LogP contribution is -2.36. The maximum Gasteiger partial charge on any atom is 0.228 e. The lowest BCUT2D eigenvalue weighted by molar-refractivity contribution is -0.127. The van der Waals surface area contributed by atoms with E-state index in [4.69, 9.17) is 0 Å². The van der Waals surface area contributed by atoms with Gasteiger partial charge in [0.1, 0.15) is 5.82 Å². The largest absolute Gasteiger partial charge is 0.346 e. The van der Waals surface area contributed by atoms with E-state index in [-0.39, 0.29) is 17.4 Å². The third-order valence-electron chi connectivity index (χ3n) is 3.84. The zero-order chi connectivity index (χ0) is 14.2. The maximum atomic E-state index is 12.5. The average Bonchev–Trinajstić information content (AvgIpc) is 2.83. The second kappa shape index (κ2) is 4.77. The fraction of sp³-hybridized carbons (Fsp3) is 0.500. The Balaban J connectivity index is 1.64. The minimum Gasteiger partial charge on any atom is -0.346 e. The number of amides is 1. The van der Waals surface area contributed by atoms with Crippen LogP contribution in [-0.4, -0.2) is 25.7 Å². The minimum absolute atomic E-state index is 0.0922. The van der Waals surface area contributed by atoms with E-state index in [1.807, 2.05) is 30.8 Å². The van der Waals surface area contributed by atoms with E-state index >= 15 is 0 Å². The van der Waals surface area contributed by atoms with Gasteiger partial charge in [0.2, 0.25) is 5.91 Å². The third kappa shape index (κ3) is 2.45. The highest BCUT2D eigenvalue weighted by atomic mass is 16.2. The Morgan fingerprint density at radius 3 is 2.95 bits per heavy atom. The molecule has 2 N–H and O–H groups in total. The van der Waals surface area contributed by atoms with Gasteiger partial charge in [-0.1, -0.05) is 0 Å². The summed E-state index contributed by atoms with van der Waals surface area (Å²) in [6.45, 7) is 4.54. The van der Waals surface area contributed by atoms with E-state index in [0.29, 0.717) is 6.54 Å². The van der Waals surface area contributed by atoms with E-state index in [2.05, 4.69) is 20.4 Å². The van der Waals surface area contributed by atoms with Gasteiger partial charge in [-0.25, -0.2) is 4.98 Å². The van der Waals surface area contributed by atoms with Crippen LogP contribution in [0.3, 0.4) is 0 Å². The van der Waals surface area contributed by atoms with Crippen molar-refractivity contribution in [3.8, 4) is 0 Å². The van der Waals surface area contributed by atoms with Crippen molar-refractivity contribution in [2.75, 3.05) is 0 Å². The van der Waals surface area contributed by atoms with Crippen LogP contribution in [0.5, 0.6) is 0 Å². The summed E-state index contributed by atoms with van der Waals surface area (Å²) in [4.78, 5) is 19.9. The minimum atomic E-state index is -0.290. The molecule has 1 aliphatic rings. The lowest BCUT2D eigenvalue weighted by Gasteiger charge is -2.18. The van der Waals surface area contributed by atoms with Crippen LogP contribution in [0.15, 0.2) is 24.7 Å². The Morgan fingerprint density at radius 1 is 1.60 bits per heavy atom. The number of aryl methyl sites for hydroxylation is 1. The average molecular weight is 273 g/mol. The van der Waals surface area contributed by atoms with Gasteiger partial charge in [0.05, 0.1) is 18.0 Å². The molecule has 2 aromatic heterocycles. The van der Waals surface area contributed by atoms with Gasteiger partial charge in [-0.15, -0.1) is 0 Å². The molecule has 1 saturated carbocycles. The first-order chi connectivity index (χ1) is 9.59. The Bertz CT molecular complexity index is 597. The number of imidazole rings is 1. The number of H-pyrrole nitrogens is 1. The van der Waals surface area contributed by atoms with Crippen LogP contribution < -0.4 is 5.32 Å². The molecule has 0 saturated heterocycles. The van der Waals surface area contributed by atoms with Crippen molar-refractivity contribution in [2.24, 2.45) is 5.41 Å². The van der Waals surface area contributed by atoms with Gasteiger partial charge >= 0.3 is 0 Å². The lowest BCUT2D eigenvalue weighted by atomic mass is 10.1. The van der Waals surface area contributed by atoms with Gasteiger partial charge in [0.15, 0.2) is 0 Å². The molecule has 6 nitrogen and oxygen atoms in total. The molecule has 2 aromatic rings. The molecule has 0 bridgehead atoms. The number of carbonyl (C=O) groups is 1. The molecule has 3 rings (SSSR count). The third-order valence-corrected chi connectivity index (χ3v) is 3.84. The van der Waals surface area contributed by atoms with Gasteiger partial charge in [0.25, 0.3) is 0 Å². The van der Waals surface area contributed by atoms with E-state index in [9.17, 15) is 4.79 Å².